The second-order valence-corrected chi connectivity index (χ2v) is 8.41. The van der Waals surface area contributed by atoms with Crippen LogP contribution in [0.4, 0.5) is 4.39 Å². The molecule has 0 fully saturated rings. The topological polar surface area (TPSA) is 49.4 Å². The standard InChI is InChI=1S/C23H28ClFN2O2S/c1-3-4-13-26-23(29)17(2)27(14-18-9-5-7-11-20(18)24)22(28)16-30-15-19-10-6-8-12-21(19)25/h5-12,17H,3-4,13-16H2,1-2H3,(H,26,29)/t17-/m1/s1. The van der Waals surface area contributed by atoms with Gasteiger partial charge < -0.3 is 10.2 Å². The Labute approximate surface area is 187 Å². The number of carbonyl (C=O) groups is 2. The highest BCUT2D eigenvalue weighted by atomic mass is 35.5. The third kappa shape index (κ3) is 7.33. The Balaban J connectivity index is 2.07. The molecule has 0 aliphatic rings. The molecule has 0 heterocycles. The highest BCUT2D eigenvalue weighted by Crippen LogP contribution is 2.21. The molecule has 0 bridgehead atoms. The molecule has 0 radical (unpaired) electrons. The van der Waals surface area contributed by atoms with Gasteiger partial charge in [-0.1, -0.05) is 61.3 Å². The number of carbonyl (C=O) groups excluding carboxylic acids is 2. The summed E-state index contributed by atoms with van der Waals surface area (Å²) in [4.78, 5) is 27.1. The van der Waals surface area contributed by atoms with Gasteiger partial charge in [0, 0.05) is 23.9 Å². The number of amides is 2. The van der Waals surface area contributed by atoms with Gasteiger partial charge in [0.25, 0.3) is 0 Å². The maximum absolute atomic E-state index is 13.8. The molecule has 30 heavy (non-hydrogen) atoms. The van der Waals surface area contributed by atoms with Gasteiger partial charge in [0.1, 0.15) is 11.9 Å². The van der Waals surface area contributed by atoms with Gasteiger partial charge in [-0.3, -0.25) is 9.59 Å². The first-order valence-electron chi connectivity index (χ1n) is 10.1. The third-order valence-corrected chi connectivity index (χ3v) is 6.07. The van der Waals surface area contributed by atoms with Crippen molar-refractivity contribution < 1.29 is 14.0 Å². The fourth-order valence-corrected chi connectivity index (χ4v) is 3.97. The fourth-order valence-electron chi connectivity index (χ4n) is 2.88. The lowest BCUT2D eigenvalue weighted by Crippen LogP contribution is -2.48. The van der Waals surface area contributed by atoms with E-state index >= 15 is 0 Å². The van der Waals surface area contributed by atoms with Gasteiger partial charge in [0.2, 0.25) is 11.8 Å². The summed E-state index contributed by atoms with van der Waals surface area (Å²) in [5, 5.41) is 3.44. The first kappa shape index (κ1) is 24.2. The lowest BCUT2D eigenvalue weighted by molar-refractivity contribution is -0.138. The first-order valence-corrected chi connectivity index (χ1v) is 11.6. The van der Waals surface area contributed by atoms with E-state index in [0.29, 0.717) is 22.9 Å². The molecule has 0 spiro atoms. The second-order valence-electron chi connectivity index (χ2n) is 7.02. The van der Waals surface area contributed by atoms with Gasteiger partial charge in [-0.25, -0.2) is 4.39 Å². The van der Waals surface area contributed by atoms with Gasteiger partial charge in [-0.2, -0.15) is 0 Å². The monoisotopic (exact) mass is 450 g/mol. The van der Waals surface area contributed by atoms with Crippen LogP contribution >= 0.6 is 23.4 Å². The number of halogens is 2. The van der Waals surface area contributed by atoms with Crippen LogP contribution in [0.15, 0.2) is 48.5 Å². The molecule has 2 amide bonds. The van der Waals surface area contributed by atoms with E-state index in [1.54, 1.807) is 31.2 Å². The summed E-state index contributed by atoms with van der Waals surface area (Å²) >= 11 is 7.60. The van der Waals surface area contributed by atoms with Crippen molar-refractivity contribution in [2.75, 3.05) is 12.3 Å². The van der Waals surface area contributed by atoms with Crippen LogP contribution in [0, 0.1) is 5.82 Å². The Bertz CT molecular complexity index is 849. The summed E-state index contributed by atoms with van der Waals surface area (Å²) in [6.07, 6.45) is 1.86. The Kier molecular flexibility index (Phi) is 10.2. The number of nitrogens with one attached hydrogen (secondary N) is 1. The van der Waals surface area contributed by atoms with Crippen molar-refractivity contribution in [3.63, 3.8) is 0 Å². The molecule has 7 heteroatoms. The maximum atomic E-state index is 13.8. The molecule has 0 saturated carbocycles. The number of nitrogens with zero attached hydrogens (tertiary/aromatic N) is 1. The quantitative estimate of drug-likeness (QED) is 0.487. The summed E-state index contributed by atoms with van der Waals surface area (Å²) < 4.78 is 13.8. The summed E-state index contributed by atoms with van der Waals surface area (Å²) in [7, 11) is 0. The second kappa shape index (κ2) is 12.6. The molecule has 0 saturated heterocycles. The Hall–Kier alpha value is -2.05. The minimum Gasteiger partial charge on any atom is -0.354 e. The summed E-state index contributed by atoms with van der Waals surface area (Å²) in [6, 6.07) is 13.2. The smallest absolute Gasteiger partial charge is 0.242 e. The van der Waals surface area contributed by atoms with Crippen molar-refractivity contribution in [3.8, 4) is 0 Å². The van der Waals surface area contributed by atoms with Crippen molar-refractivity contribution in [1.82, 2.24) is 10.2 Å². The lowest BCUT2D eigenvalue weighted by atomic mass is 10.1. The molecule has 0 aliphatic heterocycles. The highest BCUT2D eigenvalue weighted by molar-refractivity contribution is 7.99. The molecular weight excluding hydrogens is 423 g/mol. The molecule has 0 unspecified atom stereocenters. The molecular formula is C23H28ClFN2O2S. The number of thioether (sulfide) groups is 1. The van der Waals surface area contributed by atoms with Crippen molar-refractivity contribution in [3.05, 3.63) is 70.5 Å². The van der Waals surface area contributed by atoms with Gasteiger partial charge in [0.05, 0.1) is 5.75 Å². The molecule has 0 aromatic heterocycles. The zero-order valence-electron chi connectivity index (χ0n) is 17.4. The fraction of sp³-hybridized carbons (Fsp3) is 0.391. The van der Waals surface area contributed by atoms with E-state index in [1.165, 1.54) is 22.7 Å². The minimum atomic E-state index is -0.639. The van der Waals surface area contributed by atoms with Crippen LogP contribution in [-0.2, 0) is 21.9 Å². The Morgan fingerprint density at radius 2 is 1.80 bits per heavy atom. The van der Waals surface area contributed by atoms with Crippen LogP contribution in [0.2, 0.25) is 5.02 Å². The molecule has 162 valence electrons. The zero-order valence-corrected chi connectivity index (χ0v) is 18.9. The number of unbranched alkanes of at least 4 members (excludes halogenated alkanes) is 1. The van der Waals surface area contributed by atoms with Crippen LogP contribution in [0.5, 0.6) is 0 Å². The van der Waals surface area contributed by atoms with Crippen molar-refractivity contribution in [2.45, 2.75) is 45.0 Å². The molecule has 0 aliphatic carbocycles. The molecule has 2 rings (SSSR count). The van der Waals surface area contributed by atoms with Crippen LogP contribution in [0.3, 0.4) is 0 Å². The average molecular weight is 451 g/mol. The first-order chi connectivity index (χ1) is 14.4. The van der Waals surface area contributed by atoms with Crippen molar-refractivity contribution >= 4 is 35.2 Å². The van der Waals surface area contributed by atoms with Crippen LogP contribution in [-0.4, -0.2) is 35.1 Å². The average Bonchev–Trinajstić information content (AvgIpc) is 2.74. The lowest BCUT2D eigenvalue weighted by Gasteiger charge is -2.29. The number of hydrogen-bond donors (Lipinski definition) is 1. The van der Waals surface area contributed by atoms with E-state index in [9.17, 15) is 14.0 Å². The normalized spacial score (nSPS) is 11.7. The Morgan fingerprint density at radius 1 is 1.13 bits per heavy atom. The van der Waals surface area contributed by atoms with Gasteiger partial charge >= 0.3 is 0 Å². The van der Waals surface area contributed by atoms with E-state index in [4.69, 9.17) is 11.6 Å². The predicted molar refractivity (Wildman–Crippen MR) is 122 cm³/mol. The largest absolute Gasteiger partial charge is 0.354 e. The van der Waals surface area contributed by atoms with Crippen LogP contribution < -0.4 is 5.32 Å². The third-order valence-electron chi connectivity index (χ3n) is 4.74. The van der Waals surface area contributed by atoms with Crippen molar-refractivity contribution in [2.24, 2.45) is 0 Å². The zero-order chi connectivity index (χ0) is 21.9. The SMILES string of the molecule is CCCCNC(=O)[C@@H](C)N(Cc1ccccc1Cl)C(=O)CSCc1ccccc1F. The van der Waals surface area contributed by atoms with Crippen LogP contribution in [0.1, 0.15) is 37.8 Å². The number of benzene rings is 2. The molecule has 1 N–H and O–H groups in total. The number of hydrogen-bond acceptors (Lipinski definition) is 3. The van der Waals surface area contributed by atoms with Gasteiger partial charge in [-0.05, 0) is 36.6 Å². The Morgan fingerprint density at radius 3 is 2.47 bits per heavy atom. The highest BCUT2D eigenvalue weighted by Gasteiger charge is 2.26. The van der Waals surface area contributed by atoms with E-state index in [0.717, 1.165) is 18.4 Å². The van der Waals surface area contributed by atoms with E-state index in [2.05, 4.69) is 12.2 Å². The molecule has 4 nitrogen and oxygen atoms in total. The maximum Gasteiger partial charge on any atom is 0.242 e. The van der Waals surface area contributed by atoms with Crippen LogP contribution in [0.25, 0.3) is 0 Å². The summed E-state index contributed by atoms with van der Waals surface area (Å²) in [6.45, 7) is 4.59. The minimum absolute atomic E-state index is 0.144. The summed E-state index contributed by atoms with van der Waals surface area (Å²) in [5.74, 6) is -0.132. The predicted octanol–water partition coefficient (Wildman–Crippen LogP) is 5.05. The van der Waals surface area contributed by atoms with E-state index < -0.39 is 6.04 Å². The number of rotatable bonds is 11. The van der Waals surface area contributed by atoms with E-state index in [-0.39, 0.29) is 29.9 Å². The van der Waals surface area contributed by atoms with Gasteiger partial charge in [0.15, 0.2) is 0 Å². The molecule has 2 aromatic carbocycles. The molecule has 2 aromatic rings. The molecule has 1 atom stereocenters. The summed E-state index contributed by atoms with van der Waals surface area (Å²) in [5.41, 5.74) is 1.33. The van der Waals surface area contributed by atoms with Gasteiger partial charge in [-0.15, -0.1) is 11.8 Å². The van der Waals surface area contributed by atoms with E-state index in [1.807, 2.05) is 18.2 Å². The van der Waals surface area contributed by atoms with Crippen molar-refractivity contribution in [1.29, 1.82) is 0 Å².